The number of carbonyl (C=O) groups is 1. The number of fused-ring (bicyclic) bond motifs is 1. The van der Waals surface area contributed by atoms with Crippen molar-refractivity contribution in [2.45, 2.75) is 45.8 Å². The van der Waals surface area contributed by atoms with Crippen LogP contribution in [0.3, 0.4) is 0 Å². The summed E-state index contributed by atoms with van der Waals surface area (Å²) in [7, 11) is 1.60. The molecule has 1 aliphatic rings. The molecule has 9 nitrogen and oxygen atoms in total. The molecular formula is C30H34FN3O6S. The van der Waals surface area contributed by atoms with Crippen LogP contribution in [0.2, 0.25) is 0 Å². The lowest BCUT2D eigenvalue weighted by Gasteiger charge is -2.27. The molecule has 0 saturated heterocycles. The maximum atomic E-state index is 14.6. The van der Waals surface area contributed by atoms with E-state index < -0.39 is 16.3 Å². The summed E-state index contributed by atoms with van der Waals surface area (Å²) in [6.45, 7) is 8.79. The summed E-state index contributed by atoms with van der Waals surface area (Å²) in [5, 5.41) is 14.4. The molecule has 1 aliphatic heterocycles. The number of nitrogens with one attached hydrogen (secondary N) is 1. The molecule has 2 heterocycles. The first-order valence-corrected chi connectivity index (χ1v) is 14.1. The first-order valence-electron chi connectivity index (χ1n) is 13.2. The van der Waals surface area contributed by atoms with E-state index in [0.29, 0.717) is 31.9 Å². The smallest absolute Gasteiger partial charge is 0.410 e. The molecule has 0 fully saturated rings. The minimum atomic E-state index is -0.803. The molecule has 2 aromatic carbocycles. The Morgan fingerprint density at radius 3 is 2.63 bits per heavy atom. The molecule has 1 aromatic heterocycles. The highest BCUT2D eigenvalue weighted by atomic mass is 32.1. The Kier molecular flexibility index (Phi) is 9.29. The van der Waals surface area contributed by atoms with Crippen LogP contribution >= 0.6 is 11.3 Å². The second-order valence-electron chi connectivity index (χ2n) is 10.7. The topological polar surface area (TPSA) is 103 Å². The average Bonchev–Trinajstić information content (AvgIpc) is 3.33. The molecule has 1 amide bonds. The lowest BCUT2D eigenvalue weighted by molar-refractivity contribution is -0.385. The highest BCUT2D eigenvalue weighted by Gasteiger charge is 2.25. The molecule has 11 heteroatoms. The zero-order valence-corrected chi connectivity index (χ0v) is 24.5. The zero-order chi connectivity index (χ0) is 29.7. The van der Waals surface area contributed by atoms with Gasteiger partial charge in [0.15, 0.2) is 11.6 Å². The number of nitro benzene ring substituents is 1. The van der Waals surface area contributed by atoms with Gasteiger partial charge in [0.1, 0.15) is 11.4 Å². The number of methoxy groups -OCH3 is 1. The summed E-state index contributed by atoms with van der Waals surface area (Å²) in [5.74, 6) is -0.400. The summed E-state index contributed by atoms with van der Waals surface area (Å²) in [6, 6.07) is 13.4. The fourth-order valence-electron chi connectivity index (χ4n) is 4.26. The van der Waals surface area contributed by atoms with Crippen LogP contribution in [-0.2, 0) is 15.9 Å². The van der Waals surface area contributed by atoms with E-state index in [4.69, 9.17) is 14.2 Å². The van der Waals surface area contributed by atoms with Crippen LogP contribution in [0.25, 0.3) is 16.2 Å². The summed E-state index contributed by atoms with van der Waals surface area (Å²) >= 11 is 1.50. The largest absolute Gasteiger partial charge is 0.453 e. The van der Waals surface area contributed by atoms with Crippen molar-refractivity contribution in [3.05, 3.63) is 81.0 Å². The van der Waals surface area contributed by atoms with Crippen molar-refractivity contribution in [2.75, 3.05) is 32.1 Å². The first kappa shape index (κ1) is 30.0. The third kappa shape index (κ3) is 7.83. The molecule has 218 valence electrons. The van der Waals surface area contributed by atoms with Crippen molar-refractivity contribution >= 4 is 34.6 Å². The highest BCUT2D eigenvalue weighted by Crippen LogP contribution is 2.42. The Morgan fingerprint density at radius 1 is 1.17 bits per heavy atom. The Bertz CT molecular complexity index is 1450. The normalized spacial score (nSPS) is 14.5. The highest BCUT2D eigenvalue weighted by molar-refractivity contribution is 7.17. The van der Waals surface area contributed by atoms with Gasteiger partial charge in [-0.2, -0.15) is 0 Å². The Labute approximate surface area is 242 Å². The number of anilines is 1. The fraction of sp³-hybridized carbons (Fsp3) is 0.367. The van der Waals surface area contributed by atoms with Crippen LogP contribution in [-0.4, -0.2) is 54.4 Å². The van der Waals surface area contributed by atoms with Crippen LogP contribution in [0, 0.1) is 15.9 Å². The van der Waals surface area contributed by atoms with Crippen LogP contribution in [0.4, 0.5) is 20.6 Å². The lowest BCUT2D eigenvalue weighted by Crippen LogP contribution is -2.39. The van der Waals surface area contributed by atoms with E-state index in [-0.39, 0.29) is 23.6 Å². The predicted molar refractivity (Wildman–Crippen MR) is 158 cm³/mol. The summed E-state index contributed by atoms with van der Waals surface area (Å²) in [4.78, 5) is 26.5. The predicted octanol–water partition coefficient (Wildman–Crippen LogP) is 7.12. The molecule has 0 spiro atoms. The molecular weight excluding hydrogens is 549 g/mol. The number of carbonyl (C=O) groups excluding carboxylic acids is 1. The van der Waals surface area contributed by atoms with Gasteiger partial charge < -0.3 is 24.4 Å². The van der Waals surface area contributed by atoms with Crippen LogP contribution < -0.4 is 10.1 Å². The van der Waals surface area contributed by atoms with Crippen molar-refractivity contribution in [1.29, 1.82) is 0 Å². The van der Waals surface area contributed by atoms with E-state index in [0.717, 1.165) is 32.6 Å². The van der Waals surface area contributed by atoms with Crippen molar-refractivity contribution in [3.63, 3.8) is 0 Å². The number of halogens is 1. The second-order valence-corrected chi connectivity index (χ2v) is 11.8. The summed E-state index contributed by atoms with van der Waals surface area (Å²) in [5.41, 5.74) is 1.99. The van der Waals surface area contributed by atoms with Gasteiger partial charge in [0.05, 0.1) is 28.2 Å². The minimum Gasteiger partial charge on any atom is -0.453 e. The number of hydrogen-bond donors (Lipinski definition) is 1. The molecule has 0 saturated carbocycles. The van der Waals surface area contributed by atoms with E-state index in [1.54, 1.807) is 12.0 Å². The van der Waals surface area contributed by atoms with Gasteiger partial charge in [-0.3, -0.25) is 10.1 Å². The van der Waals surface area contributed by atoms with Crippen LogP contribution in [0.1, 0.15) is 38.1 Å². The van der Waals surface area contributed by atoms with Gasteiger partial charge in [0.25, 0.3) is 5.69 Å². The molecule has 0 bridgehead atoms. The summed E-state index contributed by atoms with van der Waals surface area (Å²) in [6.07, 6.45) is 2.11. The average molecular weight is 584 g/mol. The number of hydrogen-bond acceptors (Lipinski definition) is 8. The van der Waals surface area contributed by atoms with Crippen molar-refractivity contribution < 1.29 is 28.3 Å². The monoisotopic (exact) mass is 583 g/mol. The Morgan fingerprint density at radius 2 is 1.95 bits per heavy atom. The fourth-order valence-corrected chi connectivity index (χ4v) is 5.34. The number of amides is 1. The number of non-ortho nitro benzene ring substituents is 1. The van der Waals surface area contributed by atoms with E-state index in [1.165, 1.54) is 23.5 Å². The van der Waals surface area contributed by atoms with Crippen molar-refractivity contribution in [2.24, 2.45) is 0 Å². The van der Waals surface area contributed by atoms with Gasteiger partial charge in [-0.25, -0.2) is 9.18 Å². The van der Waals surface area contributed by atoms with E-state index in [9.17, 15) is 19.3 Å². The van der Waals surface area contributed by atoms with E-state index >= 15 is 0 Å². The number of benzene rings is 2. The van der Waals surface area contributed by atoms with Gasteiger partial charge in [-0.05, 0) is 63.5 Å². The number of thiophene rings is 1. The third-order valence-electron chi connectivity index (χ3n) is 6.19. The van der Waals surface area contributed by atoms with E-state index in [2.05, 4.69) is 11.4 Å². The number of rotatable bonds is 10. The molecule has 3 aromatic rings. The molecule has 1 N–H and O–H groups in total. The molecule has 4 rings (SSSR count). The van der Waals surface area contributed by atoms with Gasteiger partial charge in [0, 0.05) is 37.2 Å². The second kappa shape index (κ2) is 12.7. The van der Waals surface area contributed by atoms with Gasteiger partial charge in [0.2, 0.25) is 0 Å². The lowest BCUT2D eigenvalue weighted by atomic mass is 10.1. The molecule has 0 radical (unpaired) electrons. The third-order valence-corrected chi connectivity index (χ3v) is 7.38. The number of nitrogens with zero attached hydrogens (tertiary/aromatic N) is 2. The molecule has 41 heavy (non-hydrogen) atoms. The van der Waals surface area contributed by atoms with Crippen LogP contribution in [0.5, 0.6) is 5.75 Å². The maximum Gasteiger partial charge on any atom is 0.410 e. The zero-order valence-electron chi connectivity index (χ0n) is 23.7. The molecule has 0 aliphatic carbocycles. The first-order chi connectivity index (χ1) is 19.4. The SMILES string of the molecule is COCCN(CCc1cccc(-c2cc3c(s2)C(Oc2ccc([N+](=O)[O-])cc2F)=CC(C)N3)c1)C(=O)OC(C)(C)C. The maximum absolute atomic E-state index is 14.6. The number of nitro groups is 1. The van der Waals surface area contributed by atoms with Crippen molar-refractivity contribution in [3.8, 4) is 16.2 Å². The minimum absolute atomic E-state index is 0.0710. The van der Waals surface area contributed by atoms with Gasteiger partial charge in [-0.1, -0.05) is 24.3 Å². The molecule has 1 atom stereocenters. The standard InChI is InChI=1S/C30H34FN3O6S/c1-19-15-26(39-25-10-9-22(34(36)37)17-23(25)31)28-24(32-19)18-27(41-28)21-8-6-7-20(16-21)11-12-33(13-14-38-5)29(35)40-30(2,3)4/h6-10,15-19,32H,11-14H2,1-5H3. The van der Waals surface area contributed by atoms with Gasteiger partial charge >= 0.3 is 6.09 Å². The Balaban J connectivity index is 1.52. The Hall–Kier alpha value is -3.96. The van der Waals surface area contributed by atoms with Crippen LogP contribution in [0.15, 0.2) is 54.6 Å². The van der Waals surface area contributed by atoms with E-state index in [1.807, 2.05) is 58.0 Å². The molecule has 1 unspecified atom stereocenters. The van der Waals surface area contributed by atoms with Gasteiger partial charge in [-0.15, -0.1) is 11.3 Å². The summed E-state index contributed by atoms with van der Waals surface area (Å²) < 4.78 is 31.2. The van der Waals surface area contributed by atoms with Crippen molar-refractivity contribution in [1.82, 2.24) is 4.90 Å². The quantitative estimate of drug-likeness (QED) is 0.200. The number of ether oxygens (including phenoxy) is 3.